The number of ether oxygens (including phenoxy) is 1. The first-order valence-electron chi connectivity index (χ1n) is 5.83. The minimum Gasteiger partial charge on any atom is -0.481 e. The van der Waals surface area contributed by atoms with Crippen molar-refractivity contribution in [3.63, 3.8) is 0 Å². The van der Waals surface area contributed by atoms with Gasteiger partial charge in [-0.1, -0.05) is 0 Å². The molecule has 0 aromatic carbocycles. The van der Waals surface area contributed by atoms with Crippen molar-refractivity contribution in [2.45, 2.75) is 38.1 Å². The lowest BCUT2D eigenvalue weighted by Crippen LogP contribution is -2.19. The predicted molar refractivity (Wildman–Crippen MR) is 57.5 cm³/mol. The summed E-state index contributed by atoms with van der Waals surface area (Å²) in [6, 6.07) is 0. The van der Waals surface area contributed by atoms with Gasteiger partial charge in [0.25, 0.3) is 0 Å². The highest BCUT2D eigenvalue weighted by Crippen LogP contribution is 2.24. The molecule has 0 bridgehead atoms. The van der Waals surface area contributed by atoms with Gasteiger partial charge in [0.1, 0.15) is 0 Å². The van der Waals surface area contributed by atoms with Crippen molar-refractivity contribution in [3.8, 4) is 0 Å². The maximum Gasteiger partial charge on any atom is 0.303 e. The summed E-state index contributed by atoms with van der Waals surface area (Å²) >= 11 is 0. The number of carboxylic acid groups (broad SMARTS) is 1. The third kappa shape index (κ3) is 3.23. The van der Waals surface area contributed by atoms with Crippen molar-refractivity contribution in [2.75, 3.05) is 13.2 Å². The van der Waals surface area contributed by atoms with Gasteiger partial charge in [0, 0.05) is 32.1 Å². The molecule has 17 heavy (non-hydrogen) atoms. The van der Waals surface area contributed by atoms with Crippen LogP contribution in [-0.4, -0.2) is 44.5 Å². The summed E-state index contributed by atoms with van der Waals surface area (Å²) in [6.45, 7) is 2.05. The van der Waals surface area contributed by atoms with Crippen LogP contribution in [0.2, 0.25) is 0 Å². The van der Waals surface area contributed by atoms with Crippen LogP contribution in [-0.2, 0) is 16.1 Å². The van der Waals surface area contributed by atoms with Crippen molar-refractivity contribution in [2.24, 2.45) is 0 Å². The van der Waals surface area contributed by atoms with E-state index in [9.17, 15) is 4.79 Å². The lowest BCUT2D eigenvalue weighted by molar-refractivity contribution is -0.137. The van der Waals surface area contributed by atoms with E-state index in [1.807, 2.05) is 0 Å². The molecule has 94 valence electrons. The van der Waals surface area contributed by atoms with Crippen molar-refractivity contribution < 1.29 is 14.6 Å². The Morgan fingerprint density at radius 3 is 2.94 bits per heavy atom. The second kappa shape index (κ2) is 5.72. The monoisotopic (exact) mass is 240 g/mol. The predicted octanol–water partition coefficient (Wildman–Crippen LogP) is 0.432. The van der Waals surface area contributed by atoms with Crippen LogP contribution in [0.25, 0.3) is 0 Å². The van der Waals surface area contributed by atoms with Crippen molar-refractivity contribution >= 4 is 5.97 Å². The van der Waals surface area contributed by atoms with Crippen LogP contribution in [0.15, 0.2) is 0 Å². The Morgan fingerprint density at radius 2 is 2.24 bits per heavy atom. The number of hydrogen-bond donors (Lipinski definition) is 1. The molecule has 7 heteroatoms. The minimum atomic E-state index is -0.786. The summed E-state index contributed by atoms with van der Waals surface area (Å²) in [6.07, 6.45) is 2.56. The number of nitrogens with zero attached hydrogens (tertiary/aromatic N) is 4. The van der Waals surface area contributed by atoms with E-state index in [1.54, 1.807) is 4.68 Å². The molecule has 1 aromatic rings. The van der Waals surface area contributed by atoms with Crippen LogP contribution in [0, 0.1) is 0 Å². The van der Waals surface area contributed by atoms with Crippen molar-refractivity contribution in [1.29, 1.82) is 0 Å². The van der Waals surface area contributed by atoms with Gasteiger partial charge in [-0.05, 0) is 29.7 Å². The van der Waals surface area contributed by atoms with Gasteiger partial charge < -0.3 is 9.84 Å². The third-order valence-corrected chi connectivity index (χ3v) is 2.91. The summed E-state index contributed by atoms with van der Waals surface area (Å²) in [5.41, 5.74) is 0. The number of aromatic nitrogens is 4. The van der Waals surface area contributed by atoms with E-state index >= 15 is 0 Å². The molecule has 0 unspecified atom stereocenters. The molecule has 1 aliphatic heterocycles. The van der Waals surface area contributed by atoms with Gasteiger partial charge >= 0.3 is 5.97 Å². The lowest BCUT2D eigenvalue weighted by Gasteiger charge is -2.20. The van der Waals surface area contributed by atoms with E-state index in [4.69, 9.17) is 9.84 Å². The molecule has 0 atom stereocenters. The van der Waals surface area contributed by atoms with E-state index < -0.39 is 5.97 Å². The normalized spacial score (nSPS) is 17.2. The summed E-state index contributed by atoms with van der Waals surface area (Å²) in [7, 11) is 0. The first-order chi connectivity index (χ1) is 8.27. The quantitative estimate of drug-likeness (QED) is 0.802. The summed E-state index contributed by atoms with van der Waals surface area (Å²) in [5, 5.41) is 20.2. The zero-order chi connectivity index (χ0) is 12.1. The van der Waals surface area contributed by atoms with E-state index in [0.717, 1.165) is 31.9 Å². The Morgan fingerprint density at radius 1 is 1.47 bits per heavy atom. The fourth-order valence-corrected chi connectivity index (χ4v) is 2.00. The van der Waals surface area contributed by atoms with Crippen LogP contribution in [0.4, 0.5) is 0 Å². The van der Waals surface area contributed by atoms with E-state index in [-0.39, 0.29) is 6.42 Å². The fraction of sp³-hybridized carbons (Fsp3) is 0.800. The largest absolute Gasteiger partial charge is 0.481 e. The van der Waals surface area contributed by atoms with E-state index in [1.165, 1.54) is 0 Å². The van der Waals surface area contributed by atoms with Crippen LogP contribution in [0.1, 0.15) is 37.4 Å². The molecule has 1 saturated heterocycles. The average molecular weight is 240 g/mol. The minimum absolute atomic E-state index is 0.146. The topological polar surface area (TPSA) is 90.1 Å². The van der Waals surface area contributed by atoms with Gasteiger partial charge in [-0.3, -0.25) is 4.79 Å². The standard InChI is InChI=1S/C10H16N4O3/c15-9(16)2-1-5-14-10(11-12-13-14)8-3-6-17-7-4-8/h8H,1-7H2,(H,15,16). The first kappa shape index (κ1) is 12.0. The Labute approximate surface area is 98.8 Å². The number of rotatable bonds is 5. The highest BCUT2D eigenvalue weighted by Gasteiger charge is 2.21. The molecular formula is C10H16N4O3. The summed E-state index contributed by atoms with van der Waals surface area (Å²) in [4.78, 5) is 10.4. The van der Waals surface area contributed by atoms with Gasteiger partial charge in [-0.15, -0.1) is 5.10 Å². The number of aliphatic carboxylic acids is 1. The molecular weight excluding hydrogens is 224 g/mol. The number of carbonyl (C=O) groups is 1. The maximum absolute atomic E-state index is 10.4. The van der Waals surface area contributed by atoms with Gasteiger partial charge in [0.15, 0.2) is 5.82 Å². The second-order valence-electron chi connectivity index (χ2n) is 4.14. The van der Waals surface area contributed by atoms with Gasteiger partial charge in [0.05, 0.1) is 0 Å². The highest BCUT2D eigenvalue weighted by atomic mass is 16.5. The molecule has 0 amide bonds. The molecule has 0 spiro atoms. The van der Waals surface area contributed by atoms with Crippen LogP contribution >= 0.6 is 0 Å². The fourth-order valence-electron chi connectivity index (χ4n) is 2.00. The van der Waals surface area contributed by atoms with Crippen LogP contribution in [0.3, 0.4) is 0 Å². The van der Waals surface area contributed by atoms with Crippen molar-refractivity contribution in [3.05, 3.63) is 5.82 Å². The maximum atomic E-state index is 10.4. The molecule has 0 radical (unpaired) electrons. The average Bonchev–Trinajstić information content (AvgIpc) is 2.78. The molecule has 1 aliphatic rings. The Balaban J connectivity index is 1.93. The van der Waals surface area contributed by atoms with Gasteiger partial charge in [-0.2, -0.15) is 0 Å². The molecule has 1 fully saturated rings. The van der Waals surface area contributed by atoms with Gasteiger partial charge in [0.2, 0.25) is 0 Å². The lowest BCUT2D eigenvalue weighted by atomic mass is 9.99. The van der Waals surface area contributed by atoms with Crippen LogP contribution in [0.5, 0.6) is 0 Å². The van der Waals surface area contributed by atoms with Crippen LogP contribution < -0.4 is 0 Å². The molecule has 0 aliphatic carbocycles. The first-order valence-corrected chi connectivity index (χ1v) is 5.83. The molecule has 2 rings (SSSR count). The Hall–Kier alpha value is -1.50. The second-order valence-corrected chi connectivity index (χ2v) is 4.14. The molecule has 7 nitrogen and oxygen atoms in total. The van der Waals surface area contributed by atoms with Gasteiger partial charge in [-0.25, -0.2) is 4.68 Å². The SMILES string of the molecule is O=C(O)CCCn1nnnc1C1CCOCC1. The number of aryl methyl sites for hydroxylation is 1. The smallest absolute Gasteiger partial charge is 0.303 e. The highest BCUT2D eigenvalue weighted by molar-refractivity contribution is 5.66. The molecule has 0 saturated carbocycles. The molecule has 1 aromatic heterocycles. The zero-order valence-electron chi connectivity index (χ0n) is 9.58. The number of tetrazole rings is 1. The van der Waals surface area contributed by atoms with E-state index in [2.05, 4.69) is 15.5 Å². The zero-order valence-corrected chi connectivity index (χ0v) is 9.58. The number of carboxylic acids is 1. The number of hydrogen-bond acceptors (Lipinski definition) is 5. The molecule has 1 N–H and O–H groups in total. The Kier molecular flexibility index (Phi) is 4.03. The van der Waals surface area contributed by atoms with E-state index in [0.29, 0.717) is 18.9 Å². The molecule has 2 heterocycles. The van der Waals surface area contributed by atoms with Crippen molar-refractivity contribution in [1.82, 2.24) is 20.2 Å². The Bertz CT molecular complexity index is 373. The summed E-state index contributed by atoms with van der Waals surface area (Å²) in [5.74, 6) is 0.410. The summed E-state index contributed by atoms with van der Waals surface area (Å²) < 4.78 is 7.02. The third-order valence-electron chi connectivity index (χ3n) is 2.91.